The molecule has 86 valence electrons. The van der Waals surface area contributed by atoms with Crippen molar-refractivity contribution >= 4 is 0 Å². The van der Waals surface area contributed by atoms with Gasteiger partial charge in [-0.3, -0.25) is 0 Å². The fraction of sp³-hybridized carbons (Fsp3) is 0.417. The number of aryl methyl sites for hydroxylation is 1. The minimum atomic E-state index is 0.444. The van der Waals surface area contributed by atoms with E-state index < -0.39 is 0 Å². The smallest absolute Gasteiger partial charge is 0.143 e. The van der Waals surface area contributed by atoms with Crippen LogP contribution in [0.3, 0.4) is 0 Å². The molecule has 0 atom stereocenters. The largest absolute Gasteiger partial charge is 0.467 e. The maximum atomic E-state index is 5.48. The third-order valence-corrected chi connectivity index (χ3v) is 2.48. The Morgan fingerprint density at radius 1 is 1.50 bits per heavy atom. The standard InChI is InChI=1S/C12H17N3O/c1-9(2)14-8-11-10(4-7-16-11)12-13-5-6-15(12)3/h4-7,9,14H,8H2,1-3H3. The van der Waals surface area contributed by atoms with Crippen molar-refractivity contribution < 1.29 is 4.42 Å². The highest BCUT2D eigenvalue weighted by atomic mass is 16.3. The molecule has 0 bridgehead atoms. The van der Waals surface area contributed by atoms with Gasteiger partial charge in [-0.25, -0.2) is 4.98 Å². The van der Waals surface area contributed by atoms with E-state index in [2.05, 4.69) is 24.1 Å². The van der Waals surface area contributed by atoms with Gasteiger partial charge < -0.3 is 14.3 Å². The number of hydrogen-bond acceptors (Lipinski definition) is 3. The Kier molecular flexibility index (Phi) is 3.10. The molecule has 0 aliphatic rings. The summed E-state index contributed by atoms with van der Waals surface area (Å²) in [4.78, 5) is 4.32. The molecule has 0 saturated heterocycles. The summed E-state index contributed by atoms with van der Waals surface area (Å²) in [6, 6.07) is 2.40. The van der Waals surface area contributed by atoms with Gasteiger partial charge in [0.25, 0.3) is 0 Å². The molecule has 1 N–H and O–H groups in total. The Bertz CT molecular complexity index is 456. The molecular formula is C12H17N3O. The van der Waals surface area contributed by atoms with Crippen LogP contribution in [0.4, 0.5) is 0 Å². The molecule has 0 saturated carbocycles. The Balaban J connectivity index is 2.23. The molecule has 4 heteroatoms. The molecule has 0 spiro atoms. The highest BCUT2D eigenvalue weighted by Crippen LogP contribution is 2.22. The van der Waals surface area contributed by atoms with Crippen molar-refractivity contribution in [2.24, 2.45) is 7.05 Å². The first-order chi connectivity index (χ1) is 7.68. The minimum absolute atomic E-state index is 0.444. The Morgan fingerprint density at radius 2 is 2.31 bits per heavy atom. The van der Waals surface area contributed by atoms with Crippen LogP contribution >= 0.6 is 0 Å². The lowest BCUT2D eigenvalue weighted by Crippen LogP contribution is -2.21. The van der Waals surface area contributed by atoms with Crippen molar-refractivity contribution in [2.45, 2.75) is 26.4 Å². The van der Waals surface area contributed by atoms with Gasteiger partial charge in [-0.2, -0.15) is 0 Å². The van der Waals surface area contributed by atoms with Crippen LogP contribution in [0, 0.1) is 0 Å². The number of nitrogens with one attached hydrogen (secondary N) is 1. The van der Waals surface area contributed by atoms with Crippen LogP contribution in [0.5, 0.6) is 0 Å². The van der Waals surface area contributed by atoms with Gasteiger partial charge >= 0.3 is 0 Å². The van der Waals surface area contributed by atoms with Gasteiger partial charge in [-0.1, -0.05) is 13.8 Å². The molecule has 2 aromatic heterocycles. The maximum absolute atomic E-state index is 5.48. The van der Waals surface area contributed by atoms with Gasteiger partial charge in [0.2, 0.25) is 0 Å². The molecule has 0 radical (unpaired) electrons. The summed E-state index contributed by atoms with van der Waals surface area (Å²) in [5.41, 5.74) is 1.06. The Morgan fingerprint density at radius 3 is 2.94 bits per heavy atom. The molecule has 0 aliphatic carbocycles. The maximum Gasteiger partial charge on any atom is 0.143 e. The molecule has 4 nitrogen and oxygen atoms in total. The summed E-state index contributed by atoms with van der Waals surface area (Å²) in [6.07, 6.45) is 5.44. The summed E-state index contributed by atoms with van der Waals surface area (Å²) in [7, 11) is 1.98. The molecule has 2 aromatic rings. The third kappa shape index (κ3) is 2.17. The SMILES string of the molecule is CC(C)NCc1occc1-c1nccn1C. The lowest BCUT2D eigenvalue weighted by Gasteiger charge is -2.07. The van der Waals surface area contributed by atoms with Crippen molar-refractivity contribution in [3.63, 3.8) is 0 Å². The van der Waals surface area contributed by atoms with Crippen LogP contribution in [0.2, 0.25) is 0 Å². The first-order valence-electron chi connectivity index (χ1n) is 5.46. The second kappa shape index (κ2) is 4.53. The molecule has 2 rings (SSSR count). The zero-order valence-electron chi connectivity index (χ0n) is 9.90. The van der Waals surface area contributed by atoms with E-state index in [0.29, 0.717) is 6.04 Å². The lowest BCUT2D eigenvalue weighted by atomic mass is 10.2. The number of nitrogens with zero attached hydrogens (tertiary/aromatic N) is 2. The first-order valence-corrected chi connectivity index (χ1v) is 5.46. The van der Waals surface area contributed by atoms with Crippen molar-refractivity contribution in [2.75, 3.05) is 0 Å². The van der Waals surface area contributed by atoms with Crippen LogP contribution in [0.25, 0.3) is 11.4 Å². The van der Waals surface area contributed by atoms with E-state index in [0.717, 1.165) is 23.7 Å². The zero-order valence-corrected chi connectivity index (χ0v) is 9.90. The van der Waals surface area contributed by atoms with Gasteiger partial charge in [-0.05, 0) is 6.07 Å². The third-order valence-electron chi connectivity index (χ3n) is 2.48. The van der Waals surface area contributed by atoms with Crippen molar-refractivity contribution in [3.05, 3.63) is 30.5 Å². The van der Waals surface area contributed by atoms with Gasteiger partial charge in [-0.15, -0.1) is 0 Å². The molecule has 16 heavy (non-hydrogen) atoms. The van der Waals surface area contributed by atoms with E-state index in [4.69, 9.17) is 4.42 Å². The normalized spacial score (nSPS) is 11.2. The number of rotatable bonds is 4. The topological polar surface area (TPSA) is 43.0 Å². The molecule has 0 unspecified atom stereocenters. The number of furan rings is 1. The fourth-order valence-corrected chi connectivity index (χ4v) is 1.60. The predicted octanol–water partition coefficient (Wildman–Crippen LogP) is 2.18. The Hall–Kier alpha value is -1.55. The number of hydrogen-bond donors (Lipinski definition) is 1. The average molecular weight is 219 g/mol. The van der Waals surface area contributed by atoms with Crippen molar-refractivity contribution in [1.82, 2.24) is 14.9 Å². The minimum Gasteiger partial charge on any atom is -0.467 e. The molecule has 0 amide bonds. The summed E-state index contributed by atoms with van der Waals surface area (Å²) in [6.45, 7) is 4.96. The molecule has 0 fully saturated rings. The molecular weight excluding hydrogens is 202 g/mol. The lowest BCUT2D eigenvalue weighted by molar-refractivity contribution is 0.466. The summed E-state index contributed by atoms with van der Waals surface area (Å²) in [5, 5.41) is 3.34. The highest BCUT2D eigenvalue weighted by molar-refractivity contribution is 5.57. The average Bonchev–Trinajstić information content (AvgIpc) is 2.82. The predicted molar refractivity (Wildman–Crippen MR) is 62.9 cm³/mol. The van der Waals surface area contributed by atoms with Crippen LogP contribution in [0.1, 0.15) is 19.6 Å². The van der Waals surface area contributed by atoms with E-state index >= 15 is 0 Å². The van der Waals surface area contributed by atoms with Crippen LogP contribution in [-0.4, -0.2) is 15.6 Å². The van der Waals surface area contributed by atoms with E-state index in [1.807, 2.05) is 23.9 Å². The van der Waals surface area contributed by atoms with Crippen molar-refractivity contribution in [1.29, 1.82) is 0 Å². The van der Waals surface area contributed by atoms with E-state index in [1.165, 1.54) is 0 Å². The summed E-state index contributed by atoms with van der Waals surface area (Å²) in [5.74, 6) is 1.87. The van der Waals surface area contributed by atoms with Gasteiger partial charge in [0.1, 0.15) is 11.6 Å². The van der Waals surface area contributed by atoms with E-state index in [1.54, 1.807) is 12.5 Å². The summed E-state index contributed by atoms with van der Waals surface area (Å²) < 4.78 is 7.47. The number of aromatic nitrogens is 2. The highest BCUT2D eigenvalue weighted by Gasteiger charge is 2.12. The van der Waals surface area contributed by atoms with Gasteiger partial charge in [0, 0.05) is 25.5 Å². The monoisotopic (exact) mass is 219 g/mol. The second-order valence-corrected chi connectivity index (χ2v) is 4.15. The van der Waals surface area contributed by atoms with Crippen LogP contribution in [-0.2, 0) is 13.6 Å². The number of imidazole rings is 1. The quantitative estimate of drug-likeness (QED) is 0.857. The van der Waals surface area contributed by atoms with E-state index in [-0.39, 0.29) is 0 Å². The second-order valence-electron chi connectivity index (χ2n) is 4.15. The van der Waals surface area contributed by atoms with Gasteiger partial charge in [0.15, 0.2) is 0 Å². The molecule has 0 aromatic carbocycles. The van der Waals surface area contributed by atoms with Crippen molar-refractivity contribution in [3.8, 4) is 11.4 Å². The van der Waals surface area contributed by atoms with E-state index in [9.17, 15) is 0 Å². The van der Waals surface area contributed by atoms with Crippen LogP contribution in [0.15, 0.2) is 29.1 Å². The molecule has 0 aliphatic heterocycles. The van der Waals surface area contributed by atoms with Gasteiger partial charge in [0.05, 0.1) is 18.4 Å². The summed E-state index contributed by atoms with van der Waals surface area (Å²) >= 11 is 0. The van der Waals surface area contributed by atoms with Crippen LogP contribution < -0.4 is 5.32 Å². The fourth-order valence-electron chi connectivity index (χ4n) is 1.60. The first kappa shape index (κ1) is 11.0. The zero-order chi connectivity index (χ0) is 11.5. The Labute approximate surface area is 95.3 Å². The molecule has 2 heterocycles.